The number of nitrogens with zero attached hydrogens (tertiary/aromatic N) is 2. The van der Waals surface area contributed by atoms with E-state index < -0.39 is 5.91 Å². The molecule has 1 aromatic carbocycles. The van der Waals surface area contributed by atoms with Crippen LogP contribution in [0.3, 0.4) is 0 Å². The van der Waals surface area contributed by atoms with Crippen LogP contribution in [-0.4, -0.2) is 15.9 Å². The fourth-order valence-electron chi connectivity index (χ4n) is 1.67. The summed E-state index contributed by atoms with van der Waals surface area (Å²) in [5, 5.41) is 3.54. The standard InChI is InChI=1S/C13H8ClN3O2/c14-11-12(16-6-5-15-11)17-13(18)10-7-8-3-1-2-4-9(8)19-10/h1-7H,(H,16,17,18). The molecule has 0 atom stereocenters. The van der Waals surface area contributed by atoms with Crippen molar-refractivity contribution in [1.82, 2.24) is 9.97 Å². The van der Waals surface area contributed by atoms with E-state index in [0.29, 0.717) is 5.58 Å². The Morgan fingerprint density at radius 3 is 2.79 bits per heavy atom. The number of halogens is 1. The molecule has 19 heavy (non-hydrogen) atoms. The van der Waals surface area contributed by atoms with Gasteiger partial charge < -0.3 is 9.73 Å². The normalized spacial score (nSPS) is 10.6. The number of hydrogen-bond donors (Lipinski definition) is 1. The van der Waals surface area contributed by atoms with E-state index in [4.69, 9.17) is 16.0 Å². The average Bonchev–Trinajstić information content (AvgIpc) is 2.85. The second-order valence-corrected chi connectivity index (χ2v) is 4.16. The minimum Gasteiger partial charge on any atom is -0.451 e. The SMILES string of the molecule is O=C(Nc1nccnc1Cl)c1cc2ccccc2o1. The van der Waals surface area contributed by atoms with Gasteiger partial charge in [-0.2, -0.15) is 0 Å². The van der Waals surface area contributed by atoms with Crippen LogP contribution in [0.4, 0.5) is 5.82 Å². The second-order valence-electron chi connectivity index (χ2n) is 3.80. The van der Waals surface area contributed by atoms with Crippen molar-refractivity contribution in [2.75, 3.05) is 5.32 Å². The van der Waals surface area contributed by atoms with Gasteiger partial charge in [0.2, 0.25) is 0 Å². The van der Waals surface area contributed by atoms with Crippen molar-refractivity contribution in [2.45, 2.75) is 0 Å². The summed E-state index contributed by atoms with van der Waals surface area (Å²) in [4.78, 5) is 19.8. The molecule has 0 aliphatic heterocycles. The number of amides is 1. The molecule has 0 unspecified atom stereocenters. The van der Waals surface area contributed by atoms with Gasteiger partial charge in [0.05, 0.1) is 0 Å². The molecule has 0 fully saturated rings. The van der Waals surface area contributed by atoms with E-state index in [0.717, 1.165) is 5.39 Å². The summed E-state index contributed by atoms with van der Waals surface area (Å²) >= 11 is 5.82. The number of nitrogens with one attached hydrogen (secondary N) is 1. The first-order chi connectivity index (χ1) is 9.24. The molecule has 3 rings (SSSR count). The largest absolute Gasteiger partial charge is 0.451 e. The molecule has 2 heterocycles. The molecule has 0 spiro atoms. The number of carbonyl (C=O) groups excluding carboxylic acids is 1. The lowest BCUT2D eigenvalue weighted by Gasteiger charge is -2.02. The first kappa shape index (κ1) is 11.7. The van der Waals surface area contributed by atoms with Gasteiger partial charge in [0.15, 0.2) is 16.7 Å². The van der Waals surface area contributed by atoms with Crippen molar-refractivity contribution in [2.24, 2.45) is 0 Å². The van der Waals surface area contributed by atoms with Crippen LogP contribution < -0.4 is 5.32 Å². The fraction of sp³-hybridized carbons (Fsp3) is 0. The Labute approximate surface area is 113 Å². The fourth-order valence-corrected chi connectivity index (χ4v) is 1.82. The van der Waals surface area contributed by atoms with Crippen molar-refractivity contribution < 1.29 is 9.21 Å². The average molecular weight is 274 g/mol. The van der Waals surface area contributed by atoms with Gasteiger partial charge in [-0.25, -0.2) is 9.97 Å². The first-order valence-corrected chi connectivity index (χ1v) is 5.88. The van der Waals surface area contributed by atoms with Crippen LogP contribution in [-0.2, 0) is 0 Å². The third-order valence-electron chi connectivity index (χ3n) is 2.53. The van der Waals surface area contributed by atoms with E-state index in [-0.39, 0.29) is 16.7 Å². The van der Waals surface area contributed by atoms with E-state index in [1.807, 2.05) is 18.2 Å². The zero-order valence-electron chi connectivity index (χ0n) is 9.63. The number of carbonyl (C=O) groups is 1. The monoisotopic (exact) mass is 273 g/mol. The topological polar surface area (TPSA) is 68.0 Å². The predicted molar refractivity (Wildman–Crippen MR) is 71.2 cm³/mol. The van der Waals surface area contributed by atoms with Crippen molar-refractivity contribution >= 4 is 34.3 Å². The summed E-state index contributed by atoms with van der Waals surface area (Å²) in [5.74, 6) is -0.0175. The smallest absolute Gasteiger partial charge is 0.292 e. The number of hydrogen-bond acceptors (Lipinski definition) is 4. The summed E-state index contributed by atoms with van der Waals surface area (Å²) in [7, 11) is 0. The van der Waals surface area contributed by atoms with Gasteiger partial charge >= 0.3 is 0 Å². The molecule has 0 aliphatic rings. The molecular formula is C13H8ClN3O2. The molecule has 2 aromatic heterocycles. The van der Waals surface area contributed by atoms with Crippen LogP contribution in [0.25, 0.3) is 11.0 Å². The highest BCUT2D eigenvalue weighted by Crippen LogP contribution is 2.20. The van der Waals surface area contributed by atoms with E-state index in [9.17, 15) is 4.79 Å². The Balaban J connectivity index is 1.90. The van der Waals surface area contributed by atoms with E-state index in [1.54, 1.807) is 12.1 Å². The lowest BCUT2D eigenvalue weighted by atomic mass is 10.2. The third kappa shape index (κ3) is 2.28. The Kier molecular flexibility index (Phi) is 2.89. The van der Waals surface area contributed by atoms with Gasteiger partial charge in [0.25, 0.3) is 5.91 Å². The molecule has 5 nitrogen and oxygen atoms in total. The van der Waals surface area contributed by atoms with Crippen molar-refractivity contribution in [1.29, 1.82) is 0 Å². The van der Waals surface area contributed by atoms with Gasteiger partial charge in [-0.1, -0.05) is 29.8 Å². The van der Waals surface area contributed by atoms with Gasteiger partial charge in [-0.3, -0.25) is 4.79 Å². The quantitative estimate of drug-likeness (QED) is 0.779. The van der Waals surface area contributed by atoms with Gasteiger partial charge in [0.1, 0.15) is 5.58 Å². The lowest BCUT2D eigenvalue weighted by Crippen LogP contribution is -2.12. The molecule has 0 saturated heterocycles. The van der Waals surface area contributed by atoms with Gasteiger partial charge in [0, 0.05) is 17.8 Å². The maximum Gasteiger partial charge on any atom is 0.292 e. The van der Waals surface area contributed by atoms with Gasteiger partial charge in [-0.15, -0.1) is 0 Å². The van der Waals surface area contributed by atoms with E-state index in [2.05, 4.69) is 15.3 Å². The molecule has 1 N–H and O–H groups in total. The molecule has 0 radical (unpaired) electrons. The molecule has 6 heteroatoms. The molecule has 1 amide bonds. The summed E-state index contributed by atoms with van der Waals surface area (Å²) < 4.78 is 5.44. The van der Waals surface area contributed by atoms with Crippen molar-refractivity contribution in [3.05, 3.63) is 53.6 Å². The Hall–Kier alpha value is -2.40. The summed E-state index contributed by atoms with van der Waals surface area (Å²) in [6.07, 6.45) is 2.89. The van der Waals surface area contributed by atoms with Crippen LogP contribution in [0.5, 0.6) is 0 Å². The number of fused-ring (bicyclic) bond motifs is 1. The maximum absolute atomic E-state index is 12.0. The summed E-state index contributed by atoms with van der Waals surface area (Å²) in [5.41, 5.74) is 0.651. The number of rotatable bonds is 2. The number of anilines is 1. The van der Waals surface area contributed by atoms with Crippen LogP contribution in [0.15, 0.2) is 47.1 Å². The first-order valence-electron chi connectivity index (χ1n) is 5.50. The highest BCUT2D eigenvalue weighted by Gasteiger charge is 2.14. The minimum atomic E-state index is -0.418. The van der Waals surface area contributed by atoms with Crippen molar-refractivity contribution in [3.8, 4) is 0 Å². The molecule has 0 aliphatic carbocycles. The second kappa shape index (κ2) is 4.70. The minimum absolute atomic E-state index is 0.131. The van der Waals surface area contributed by atoms with Crippen molar-refractivity contribution in [3.63, 3.8) is 0 Å². The lowest BCUT2D eigenvalue weighted by molar-refractivity contribution is 0.0998. The number of aromatic nitrogens is 2. The Morgan fingerprint density at radius 2 is 2.00 bits per heavy atom. The molecule has 0 bridgehead atoms. The van der Waals surface area contributed by atoms with Gasteiger partial charge in [-0.05, 0) is 12.1 Å². The zero-order chi connectivity index (χ0) is 13.2. The molecule has 3 aromatic rings. The van der Waals surface area contributed by atoms with Crippen LogP contribution in [0.2, 0.25) is 5.15 Å². The molecular weight excluding hydrogens is 266 g/mol. The number of furan rings is 1. The Bertz CT molecular complexity index is 721. The van der Waals surface area contributed by atoms with Crippen LogP contribution in [0, 0.1) is 0 Å². The maximum atomic E-state index is 12.0. The van der Waals surface area contributed by atoms with Crippen LogP contribution >= 0.6 is 11.6 Å². The summed E-state index contributed by atoms with van der Waals surface area (Å²) in [6, 6.07) is 9.04. The highest BCUT2D eigenvalue weighted by atomic mass is 35.5. The molecule has 94 valence electrons. The van der Waals surface area contributed by atoms with E-state index in [1.165, 1.54) is 12.4 Å². The number of para-hydroxylation sites is 1. The summed E-state index contributed by atoms with van der Waals surface area (Å²) in [6.45, 7) is 0. The zero-order valence-corrected chi connectivity index (χ0v) is 10.4. The molecule has 0 saturated carbocycles. The van der Waals surface area contributed by atoms with E-state index >= 15 is 0 Å². The third-order valence-corrected chi connectivity index (χ3v) is 2.81. The van der Waals surface area contributed by atoms with Crippen LogP contribution in [0.1, 0.15) is 10.6 Å². The highest BCUT2D eigenvalue weighted by molar-refractivity contribution is 6.32. The Morgan fingerprint density at radius 1 is 1.21 bits per heavy atom. The predicted octanol–water partition coefficient (Wildman–Crippen LogP) is 3.13. The number of benzene rings is 1.